The first-order valence-corrected chi connectivity index (χ1v) is 9.36. The van der Waals surface area contributed by atoms with Crippen molar-refractivity contribution in [1.29, 1.82) is 0 Å². The van der Waals surface area contributed by atoms with Crippen molar-refractivity contribution in [3.8, 4) is 0 Å². The predicted molar refractivity (Wildman–Crippen MR) is 104 cm³/mol. The third-order valence-corrected chi connectivity index (χ3v) is 4.43. The fraction of sp³-hybridized carbons (Fsp3) is 0.400. The zero-order chi connectivity index (χ0) is 20.4. The highest BCUT2D eigenvalue weighted by atomic mass is 16.5. The molecule has 0 unspecified atom stereocenters. The summed E-state index contributed by atoms with van der Waals surface area (Å²) in [7, 11) is 0. The van der Waals surface area contributed by atoms with Gasteiger partial charge in [-0.1, -0.05) is 32.3 Å². The number of rotatable bonds is 11. The Balaban J connectivity index is 1.88. The molecule has 1 heterocycles. The highest BCUT2D eigenvalue weighted by Crippen LogP contribution is 2.13. The fourth-order valence-corrected chi connectivity index (χ4v) is 2.89. The largest absolute Gasteiger partial charge is 0.338 e. The first-order valence-electron chi connectivity index (χ1n) is 9.36. The van der Waals surface area contributed by atoms with E-state index in [0.717, 1.165) is 30.2 Å². The molecule has 0 bridgehead atoms. The van der Waals surface area contributed by atoms with Crippen LogP contribution in [0.2, 0.25) is 0 Å². The number of nitrogens with one attached hydrogen (secondary N) is 2. The third kappa shape index (κ3) is 6.31. The van der Waals surface area contributed by atoms with Crippen molar-refractivity contribution in [2.45, 2.75) is 32.6 Å². The molecule has 1 atom stereocenters. The van der Waals surface area contributed by atoms with Crippen LogP contribution in [0.25, 0.3) is 10.9 Å². The van der Waals surface area contributed by atoms with Crippen molar-refractivity contribution in [1.82, 2.24) is 20.7 Å². The van der Waals surface area contributed by atoms with Gasteiger partial charge < -0.3 is 10.6 Å². The molecule has 0 aliphatic heterocycles. The van der Waals surface area contributed by atoms with Gasteiger partial charge in [0.2, 0.25) is 12.3 Å². The number of carbonyl (C=O) groups excluding carboxylic acids is 3. The lowest BCUT2D eigenvalue weighted by atomic mass is 10.0. The Bertz CT molecular complexity index is 812. The molecule has 0 saturated carbocycles. The standard InChI is InChI=1S/C20H26N4O4/c1-2-3-4-6-17(12-24(28)14-25)20(27)23-13-22-19(26)16-8-9-18-15(11-16)7-5-10-21-18/h5,7-11,14,17,28H,2-4,6,12-13H2,1H3,(H,22,26)(H,23,27)/t17-/m1/s1. The molecule has 3 N–H and O–H groups in total. The lowest BCUT2D eigenvalue weighted by Crippen LogP contribution is -2.43. The molecule has 0 spiro atoms. The van der Waals surface area contributed by atoms with Gasteiger partial charge >= 0.3 is 0 Å². The molecule has 0 fully saturated rings. The van der Waals surface area contributed by atoms with Crippen molar-refractivity contribution < 1.29 is 19.6 Å². The topological polar surface area (TPSA) is 112 Å². The second-order valence-electron chi connectivity index (χ2n) is 6.55. The number of nitrogens with zero attached hydrogens (tertiary/aromatic N) is 2. The molecule has 1 aromatic heterocycles. The van der Waals surface area contributed by atoms with E-state index in [9.17, 15) is 19.6 Å². The van der Waals surface area contributed by atoms with Gasteiger partial charge in [-0.2, -0.15) is 0 Å². The molecule has 0 saturated heterocycles. The Labute approximate surface area is 163 Å². The van der Waals surface area contributed by atoms with Crippen LogP contribution >= 0.6 is 0 Å². The number of pyridine rings is 1. The highest BCUT2D eigenvalue weighted by molar-refractivity contribution is 5.98. The van der Waals surface area contributed by atoms with Crippen LogP contribution in [0, 0.1) is 5.92 Å². The van der Waals surface area contributed by atoms with Gasteiger partial charge in [-0.05, 0) is 30.7 Å². The lowest BCUT2D eigenvalue weighted by molar-refractivity contribution is -0.154. The average Bonchev–Trinajstić information content (AvgIpc) is 2.72. The van der Waals surface area contributed by atoms with Crippen LogP contribution in [0.3, 0.4) is 0 Å². The Morgan fingerprint density at radius 3 is 2.82 bits per heavy atom. The average molecular weight is 386 g/mol. The van der Waals surface area contributed by atoms with Crippen LogP contribution in [0.1, 0.15) is 43.0 Å². The molecule has 3 amide bonds. The smallest absolute Gasteiger partial charge is 0.252 e. The van der Waals surface area contributed by atoms with Gasteiger partial charge in [-0.15, -0.1) is 0 Å². The summed E-state index contributed by atoms with van der Waals surface area (Å²) in [6.45, 7) is 1.93. The number of fused-ring (bicyclic) bond motifs is 1. The molecule has 0 radical (unpaired) electrons. The number of unbranched alkanes of at least 4 members (excludes halogenated alkanes) is 2. The summed E-state index contributed by atoms with van der Waals surface area (Å²) in [4.78, 5) is 39.5. The molecular weight excluding hydrogens is 360 g/mol. The van der Waals surface area contributed by atoms with Crippen molar-refractivity contribution in [2.75, 3.05) is 13.2 Å². The molecule has 1 aromatic carbocycles. The van der Waals surface area contributed by atoms with Crippen LogP contribution in [0.5, 0.6) is 0 Å². The van der Waals surface area contributed by atoms with Crippen LogP contribution in [-0.4, -0.2) is 46.7 Å². The lowest BCUT2D eigenvalue weighted by Gasteiger charge is -2.19. The summed E-state index contributed by atoms with van der Waals surface area (Å²) in [5.74, 6) is -1.17. The van der Waals surface area contributed by atoms with E-state index in [1.165, 1.54) is 0 Å². The van der Waals surface area contributed by atoms with Crippen LogP contribution in [0.4, 0.5) is 0 Å². The Morgan fingerprint density at radius 1 is 1.25 bits per heavy atom. The van der Waals surface area contributed by atoms with E-state index in [0.29, 0.717) is 17.0 Å². The van der Waals surface area contributed by atoms with Crippen molar-refractivity contribution in [3.05, 3.63) is 42.1 Å². The summed E-state index contributed by atoms with van der Waals surface area (Å²) >= 11 is 0. The number of amides is 3. The number of hydrogen-bond donors (Lipinski definition) is 3. The molecule has 0 aliphatic rings. The van der Waals surface area contributed by atoms with Gasteiger partial charge in [0.15, 0.2) is 0 Å². The zero-order valence-electron chi connectivity index (χ0n) is 15.9. The summed E-state index contributed by atoms with van der Waals surface area (Å²) < 4.78 is 0. The SMILES string of the molecule is CCCCC[C@H](CN(O)C=O)C(=O)NCNC(=O)c1ccc2ncccc2c1. The van der Waals surface area contributed by atoms with Gasteiger partial charge in [-0.3, -0.25) is 24.6 Å². The monoisotopic (exact) mass is 386 g/mol. The molecule has 8 heteroatoms. The number of hydroxylamine groups is 2. The Hall–Kier alpha value is -3.00. The highest BCUT2D eigenvalue weighted by Gasteiger charge is 2.20. The van der Waals surface area contributed by atoms with Crippen LogP contribution in [-0.2, 0) is 9.59 Å². The van der Waals surface area contributed by atoms with Crippen LogP contribution in [0.15, 0.2) is 36.5 Å². The molecule has 28 heavy (non-hydrogen) atoms. The summed E-state index contributed by atoms with van der Waals surface area (Å²) in [5, 5.41) is 16.0. The number of aromatic nitrogens is 1. The van der Waals surface area contributed by atoms with Crippen molar-refractivity contribution in [2.24, 2.45) is 5.92 Å². The van der Waals surface area contributed by atoms with Gasteiger partial charge in [0, 0.05) is 17.1 Å². The van der Waals surface area contributed by atoms with Gasteiger partial charge in [0.25, 0.3) is 5.91 Å². The molecule has 150 valence electrons. The van der Waals surface area contributed by atoms with E-state index in [1.807, 2.05) is 6.07 Å². The first kappa shape index (κ1) is 21.3. The molecule has 8 nitrogen and oxygen atoms in total. The fourth-order valence-electron chi connectivity index (χ4n) is 2.89. The number of benzene rings is 1. The second-order valence-corrected chi connectivity index (χ2v) is 6.55. The normalized spacial score (nSPS) is 11.6. The molecule has 0 aliphatic carbocycles. The van der Waals surface area contributed by atoms with E-state index in [1.54, 1.807) is 30.5 Å². The van der Waals surface area contributed by atoms with E-state index in [4.69, 9.17) is 0 Å². The van der Waals surface area contributed by atoms with E-state index in [2.05, 4.69) is 22.5 Å². The van der Waals surface area contributed by atoms with E-state index < -0.39 is 5.92 Å². The van der Waals surface area contributed by atoms with Gasteiger partial charge in [0.1, 0.15) is 0 Å². The minimum atomic E-state index is -0.537. The minimum Gasteiger partial charge on any atom is -0.338 e. The zero-order valence-corrected chi connectivity index (χ0v) is 15.9. The van der Waals surface area contributed by atoms with Gasteiger partial charge in [0.05, 0.1) is 24.6 Å². The Morgan fingerprint density at radius 2 is 2.07 bits per heavy atom. The van der Waals surface area contributed by atoms with E-state index >= 15 is 0 Å². The van der Waals surface area contributed by atoms with Crippen LogP contribution < -0.4 is 10.6 Å². The van der Waals surface area contributed by atoms with E-state index in [-0.39, 0.29) is 31.4 Å². The maximum absolute atomic E-state index is 12.4. The maximum Gasteiger partial charge on any atom is 0.252 e. The maximum atomic E-state index is 12.4. The summed E-state index contributed by atoms with van der Waals surface area (Å²) in [6, 6.07) is 8.85. The number of hydrogen-bond acceptors (Lipinski definition) is 5. The predicted octanol–water partition coefficient (Wildman–Crippen LogP) is 2.08. The summed E-state index contributed by atoms with van der Waals surface area (Å²) in [6.07, 6.45) is 5.30. The first-order chi connectivity index (χ1) is 13.5. The molecule has 2 aromatic rings. The molecular formula is C20H26N4O4. The third-order valence-electron chi connectivity index (χ3n) is 4.43. The number of carbonyl (C=O) groups is 3. The minimum absolute atomic E-state index is 0.0421. The second kappa shape index (κ2) is 11.0. The quantitative estimate of drug-likeness (QED) is 0.180. The van der Waals surface area contributed by atoms with Gasteiger partial charge in [-0.25, -0.2) is 5.06 Å². The van der Waals surface area contributed by atoms with Crippen molar-refractivity contribution >= 4 is 29.1 Å². The Kier molecular flexibility index (Phi) is 8.36. The molecule has 2 rings (SSSR count). The summed E-state index contributed by atoms with van der Waals surface area (Å²) in [5.41, 5.74) is 1.27. The van der Waals surface area contributed by atoms with Crippen molar-refractivity contribution in [3.63, 3.8) is 0 Å².